The van der Waals surface area contributed by atoms with E-state index in [2.05, 4.69) is 5.32 Å². The van der Waals surface area contributed by atoms with E-state index in [0.29, 0.717) is 12.4 Å². The van der Waals surface area contributed by atoms with Crippen molar-refractivity contribution in [3.63, 3.8) is 0 Å². The lowest BCUT2D eigenvalue weighted by molar-refractivity contribution is -0.114. The zero-order chi connectivity index (χ0) is 22.7. The molecule has 0 spiro atoms. The van der Waals surface area contributed by atoms with Crippen molar-refractivity contribution in [3.8, 4) is 11.5 Å². The molecule has 0 bridgehead atoms. The molecule has 4 rings (SSSR count). The molecule has 32 heavy (non-hydrogen) atoms. The zero-order valence-corrected chi connectivity index (χ0v) is 17.4. The molecule has 0 unspecified atom stereocenters. The number of rotatable bonds is 6. The lowest BCUT2D eigenvalue weighted by Crippen LogP contribution is -2.38. The molecule has 1 amide bonds. The lowest BCUT2D eigenvalue weighted by atomic mass is 10.3. The van der Waals surface area contributed by atoms with E-state index in [0.717, 1.165) is 16.4 Å². The summed E-state index contributed by atoms with van der Waals surface area (Å²) in [4.78, 5) is 12.5. The average Bonchev–Trinajstić information content (AvgIpc) is 2.79. The van der Waals surface area contributed by atoms with E-state index in [1.54, 1.807) is 0 Å². The number of para-hydroxylation sites is 1. The number of nitrogens with zero attached hydrogens (tertiary/aromatic N) is 1. The van der Waals surface area contributed by atoms with Gasteiger partial charge in [0.1, 0.15) is 31.4 Å². The number of carbonyl (C=O) groups excluding carboxylic acids is 1. The molecule has 0 aromatic heterocycles. The number of amides is 1. The van der Waals surface area contributed by atoms with Gasteiger partial charge in [-0.3, -0.25) is 9.10 Å². The molecule has 10 heteroatoms. The summed E-state index contributed by atoms with van der Waals surface area (Å²) >= 11 is 0. The van der Waals surface area contributed by atoms with E-state index in [1.165, 1.54) is 54.6 Å². The predicted molar refractivity (Wildman–Crippen MR) is 113 cm³/mol. The van der Waals surface area contributed by atoms with Gasteiger partial charge in [-0.25, -0.2) is 17.2 Å². The normalized spacial score (nSPS) is 12.8. The Balaban J connectivity index is 1.68. The van der Waals surface area contributed by atoms with Crippen molar-refractivity contribution in [1.29, 1.82) is 0 Å². The van der Waals surface area contributed by atoms with Gasteiger partial charge in [-0.05, 0) is 48.5 Å². The van der Waals surface area contributed by atoms with Crippen molar-refractivity contribution in [2.75, 3.05) is 29.4 Å². The van der Waals surface area contributed by atoms with E-state index in [4.69, 9.17) is 9.47 Å². The van der Waals surface area contributed by atoms with E-state index in [1.807, 2.05) is 0 Å². The van der Waals surface area contributed by atoms with Gasteiger partial charge in [0.2, 0.25) is 5.91 Å². The molecule has 1 heterocycles. The van der Waals surface area contributed by atoms with Crippen LogP contribution in [0.4, 0.5) is 20.2 Å². The number of anilines is 2. The maximum absolute atomic E-state index is 13.9. The number of hydrogen-bond acceptors (Lipinski definition) is 5. The summed E-state index contributed by atoms with van der Waals surface area (Å²) in [6.45, 7) is -0.0585. The second-order valence-corrected chi connectivity index (χ2v) is 8.68. The molecule has 1 aliphatic heterocycles. The summed E-state index contributed by atoms with van der Waals surface area (Å²) in [6.07, 6.45) is 0. The van der Waals surface area contributed by atoms with Crippen LogP contribution in [-0.4, -0.2) is 34.1 Å². The van der Waals surface area contributed by atoms with Crippen LogP contribution >= 0.6 is 0 Å². The third-order valence-electron chi connectivity index (χ3n) is 4.65. The first-order valence-corrected chi connectivity index (χ1v) is 11.0. The molecule has 1 aliphatic rings. The van der Waals surface area contributed by atoms with Gasteiger partial charge in [0, 0.05) is 6.07 Å². The van der Waals surface area contributed by atoms with Gasteiger partial charge in [-0.2, -0.15) is 0 Å². The largest absolute Gasteiger partial charge is 0.486 e. The summed E-state index contributed by atoms with van der Waals surface area (Å²) in [5, 5.41) is 2.36. The summed E-state index contributed by atoms with van der Waals surface area (Å²) in [5.41, 5.74) is -0.0294. The Bertz CT molecular complexity index is 1250. The summed E-state index contributed by atoms with van der Waals surface area (Å²) in [7, 11) is -4.28. The first kappa shape index (κ1) is 21.6. The number of halogens is 2. The molecule has 7 nitrogen and oxygen atoms in total. The number of ether oxygens (including phenoxy) is 2. The van der Waals surface area contributed by atoms with Crippen molar-refractivity contribution >= 4 is 27.3 Å². The first-order valence-electron chi connectivity index (χ1n) is 9.57. The fraction of sp³-hybridized carbons (Fsp3) is 0.136. The van der Waals surface area contributed by atoms with Crippen molar-refractivity contribution < 1.29 is 31.5 Å². The average molecular weight is 460 g/mol. The van der Waals surface area contributed by atoms with E-state index in [9.17, 15) is 22.0 Å². The van der Waals surface area contributed by atoms with Crippen LogP contribution < -0.4 is 19.1 Å². The Morgan fingerprint density at radius 2 is 1.62 bits per heavy atom. The van der Waals surface area contributed by atoms with Gasteiger partial charge in [0.25, 0.3) is 10.0 Å². The molecule has 166 valence electrons. The maximum Gasteiger partial charge on any atom is 0.264 e. The fourth-order valence-electron chi connectivity index (χ4n) is 3.12. The number of nitrogens with one attached hydrogen (secondary N) is 1. The number of carbonyl (C=O) groups is 1. The minimum Gasteiger partial charge on any atom is -0.486 e. The summed E-state index contributed by atoms with van der Waals surface area (Å²) < 4.78 is 65.9. The van der Waals surface area contributed by atoms with E-state index in [-0.39, 0.29) is 28.6 Å². The highest BCUT2D eigenvalue weighted by Crippen LogP contribution is 2.34. The monoisotopic (exact) mass is 460 g/mol. The molecule has 0 saturated heterocycles. The zero-order valence-electron chi connectivity index (χ0n) is 16.6. The Hall–Kier alpha value is -3.66. The quantitative estimate of drug-likeness (QED) is 0.608. The highest BCUT2D eigenvalue weighted by molar-refractivity contribution is 7.92. The fourth-order valence-corrected chi connectivity index (χ4v) is 4.55. The molecular weight excluding hydrogens is 442 g/mol. The molecule has 3 aromatic rings. The smallest absolute Gasteiger partial charge is 0.264 e. The number of fused-ring (bicyclic) bond motifs is 1. The molecule has 0 saturated carbocycles. The van der Waals surface area contributed by atoms with Crippen LogP contribution in [0.3, 0.4) is 0 Å². The molecule has 0 radical (unpaired) electrons. The minimum atomic E-state index is -4.28. The number of hydrogen-bond donors (Lipinski definition) is 1. The van der Waals surface area contributed by atoms with Crippen LogP contribution in [0.5, 0.6) is 11.5 Å². The summed E-state index contributed by atoms with van der Waals surface area (Å²) in [6, 6.07) is 14.2. The van der Waals surface area contributed by atoms with Crippen molar-refractivity contribution in [2.45, 2.75) is 4.90 Å². The van der Waals surface area contributed by atoms with E-state index >= 15 is 0 Å². The topological polar surface area (TPSA) is 84.9 Å². The minimum absolute atomic E-state index is 0.0602. The molecule has 3 aromatic carbocycles. The van der Waals surface area contributed by atoms with Crippen LogP contribution in [0.15, 0.2) is 71.6 Å². The third-order valence-corrected chi connectivity index (χ3v) is 6.42. The first-order chi connectivity index (χ1) is 15.3. The second kappa shape index (κ2) is 8.83. The van der Waals surface area contributed by atoms with Crippen molar-refractivity contribution in [3.05, 3.63) is 78.4 Å². The van der Waals surface area contributed by atoms with Crippen LogP contribution in [0.2, 0.25) is 0 Å². The van der Waals surface area contributed by atoms with Crippen molar-refractivity contribution in [1.82, 2.24) is 0 Å². The van der Waals surface area contributed by atoms with Crippen LogP contribution in [0.25, 0.3) is 0 Å². The molecule has 1 N–H and O–H groups in total. The number of benzene rings is 3. The maximum atomic E-state index is 13.9. The van der Waals surface area contributed by atoms with Crippen molar-refractivity contribution in [2.24, 2.45) is 0 Å². The molecule has 0 fully saturated rings. The molecule has 0 aliphatic carbocycles. The van der Waals surface area contributed by atoms with Gasteiger partial charge in [0.05, 0.1) is 16.3 Å². The second-order valence-electron chi connectivity index (χ2n) is 6.82. The third kappa shape index (κ3) is 4.50. The van der Waals surface area contributed by atoms with E-state index < -0.39 is 34.1 Å². The Labute approximate surface area is 183 Å². The Kier molecular flexibility index (Phi) is 5.95. The highest BCUT2D eigenvalue weighted by atomic mass is 32.2. The Morgan fingerprint density at radius 3 is 2.34 bits per heavy atom. The van der Waals surface area contributed by atoms with Gasteiger partial charge in [-0.1, -0.05) is 12.1 Å². The summed E-state index contributed by atoms with van der Waals surface area (Å²) in [5.74, 6) is -1.35. The van der Waals surface area contributed by atoms with Gasteiger partial charge in [-0.15, -0.1) is 0 Å². The lowest BCUT2D eigenvalue weighted by Gasteiger charge is -2.25. The SMILES string of the molecule is O=C(CN(c1ccc(F)cc1)S(=O)(=O)c1ccc2c(c1)OCCO2)Nc1ccccc1F. The molecule has 0 atom stereocenters. The molecular formula is C22H18F2N2O5S. The van der Waals surface area contributed by atoms with Crippen LogP contribution in [0.1, 0.15) is 0 Å². The van der Waals surface area contributed by atoms with Gasteiger partial charge < -0.3 is 14.8 Å². The van der Waals surface area contributed by atoms with Crippen LogP contribution in [0, 0.1) is 11.6 Å². The number of sulfonamides is 1. The standard InChI is InChI=1S/C22H18F2N2O5S/c23-15-5-7-16(8-6-15)26(14-22(27)25-19-4-2-1-3-18(19)24)32(28,29)17-9-10-20-21(13-17)31-12-11-30-20/h1-10,13H,11-12,14H2,(H,25,27). The van der Waals surface area contributed by atoms with Gasteiger partial charge >= 0.3 is 0 Å². The van der Waals surface area contributed by atoms with Gasteiger partial charge in [0.15, 0.2) is 11.5 Å². The highest BCUT2D eigenvalue weighted by Gasteiger charge is 2.29. The van der Waals surface area contributed by atoms with Crippen LogP contribution in [-0.2, 0) is 14.8 Å². The Morgan fingerprint density at radius 1 is 0.938 bits per heavy atom. The predicted octanol–water partition coefficient (Wildman–Crippen LogP) is 3.57.